The summed E-state index contributed by atoms with van der Waals surface area (Å²) in [6.07, 6.45) is 2.88. The highest BCUT2D eigenvalue weighted by atomic mass is 16.5. The smallest absolute Gasteiger partial charge is 0.316 e. The van der Waals surface area contributed by atoms with Gasteiger partial charge in [0.2, 0.25) is 5.91 Å². The normalized spacial score (nSPS) is 20.6. The van der Waals surface area contributed by atoms with Crippen LogP contribution in [-0.4, -0.2) is 46.8 Å². The van der Waals surface area contributed by atoms with Crippen LogP contribution in [0.1, 0.15) is 43.2 Å². The predicted molar refractivity (Wildman–Crippen MR) is 115 cm³/mol. The number of phenols is 1. The number of hydrogen-bond acceptors (Lipinski definition) is 6. The Morgan fingerprint density at radius 2 is 2.19 bits per heavy atom. The second-order valence-corrected chi connectivity index (χ2v) is 8.05. The molecule has 0 saturated carbocycles. The maximum atomic E-state index is 12.4. The van der Waals surface area contributed by atoms with E-state index in [2.05, 4.69) is 15.6 Å². The highest BCUT2D eigenvalue weighted by Gasteiger charge is 2.36. The van der Waals surface area contributed by atoms with Gasteiger partial charge < -0.3 is 25.6 Å². The molecule has 2 atom stereocenters. The van der Waals surface area contributed by atoms with E-state index in [0.717, 1.165) is 43.5 Å². The summed E-state index contributed by atoms with van der Waals surface area (Å²) in [5.74, 6) is -1.76. The van der Waals surface area contributed by atoms with E-state index in [9.17, 15) is 19.8 Å². The molecule has 0 radical (unpaired) electrons. The van der Waals surface area contributed by atoms with Gasteiger partial charge in [-0.15, -0.1) is 0 Å². The molecule has 8 heteroatoms. The van der Waals surface area contributed by atoms with Crippen molar-refractivity contribution in [1.29, 1.82) is 0 Å². The molecular weight excluding hydrogens is 398 g/mol. The second-order valence-electron chi connectivity index (χ2n) is 8.05. The third-order valence-electron chi connectivity index (χ3n) is 5.88. The van der Waals surface area contributed by atoms with E-state index in [1.165, 1.54) is 0 Å². The SMILES string of the molecule is CCCOc1cccc(O)c1-c1cc(C2CCCNC2)c2c(n1)NC(=O)C(C(=O)O)C2. The van der Waals surface area contributed by atoms with Crippen LogP contribution in [0.4, 0.5) is 5.82 Å². The highest BCUT2D eigenvalue weighted by Crippen LogP contribution is 2.42. The molecular formula is C23H27N3O5. The number of carbonyl (C=O) groups is 2. The van der Waals surface area contributed by atoms with Gasteiger partial charge in [0.15, 0.2) is 0 Å². The molecule has 1 aromatic carbocycles. The molecule has 1 aromatic heterocycles. The number of aromatic hydroxyl groups is 1. The fraction of sp³-hybridized carbons (Fsp3) is 0.435. The van der Waals surface area contributed by atoms with Crippen LogP contribution >= 0.6 is 0 Å². The van der Waals surface area contributed by atoms with Crippen LogP contribution in [-0.2, 0) is 16.0 Å². The zero-order chi connectivity index (χ0) is 22.0. The van der Waals surface area contributed by atoms with Crippen LogP contribution < -0.4 is 15.4 Å². The Labute approximate surface area is 180 Å². The monoisotopic (exact) mass is 425 g/mol. The zero-order valence-corrected chi connectivity index (χ0v) is 17.5. The maximum absolute atomic E-state index is 12.4. The number of benzene rings is 1. The number of carbonyl (C=O) groups excluding carboxylic acids is 1. The van der Waals surface area contributed by atoms with Crippen molar-refractivity contribution in [3.05, 3.63) is 35.4 Å². The average Bonchev–Trinajstić information content (AvgIpc) is 2.76. The van der Waals surface area contributed by atoms with E-state index >= 15 is 0 Å². The zero-order valence-electron chi connectivity index (χ0n) is 17.5. The number of aliphatic carboxylic acids is 1. The number of carboxylic acids is 1. The average molecular weight is 425 g/mol. The molecule has 2 aromatic rings. The lowest BCUT2D eigenvalue weighted by Crippen LogP contribution is -2.37. The number of pyridine rings is 1. The van der Waals surface area contributed by atoms with E-state index in [1.807, 2.05) is 13.0 Å². The molecule has 4 N–H and O–H groups in total. The molecule has 0 spiro atoms. The minimum absolute atomic E-state index is 0.0410. The number of carboxylic acid groups (broad SMARTS) is 1. The van der Waals surface area contributed by atoms with Crippen molar-refractivity contribution < 1.29 is 24.5 Å². The van der Waals surface area contributed by atoms with Gasteiger partial charge in [0.05, 0.1) is 17.9 Å². The van der Waals surface area contributed by atoms with Gasteiger partial charge in [0, 0.05) is 6.54 Å². The summed E-state index contributed by atoms with van der Waals surface area (Å²) in [6, 6.07) is 7.00. The molecule has 2 aliphatic heterocycles. The molecule has 2 unspecified atom stereocenters. The summed E-state index contributed by atoms with van der Waals surface area (Å²) in [5, 5.41) is 26.2. The van der Waals surface area contributed by atoms with Crippen molar-refractivity contribution >= 4 is 17.7 Å². The van der Waals surface area contributed by atoms with Crippen LogP contribution in [0.2, 0.25) is 0 Å². The third-order valence-corrected chi connectivity index (χ3v) is 5.88. The van der Waals surface area contributed by atoms with Gasteiger partial charge in [0.25, 0.3) is 0 Å². The van der Waals surface area contributed by atoms with Gasteiger partial charge in [-0.3, -0.25) is 9.59 Å². The Bertz CT molecular complexity index is 1000. The number of anilines is 1. The van der Waals surface area contributed by atoms with Crippen molar-refractivity contribution in [2.45, 2.75) is 38.5 Å². The lowest BCUT2D eigenvalue weighted by atomic mass is 9.83. The first kappa shape index (κ1) is 21.1. The number of amides is 1. The van der Waals surface area contributed by atoms with Gasteiger partial charge >= 0.3 is 5.97 Å². The molecule has 164 valence electrons. The Hall–Kier alpha value is -3.13. The Morgan fingerprint density at radius 3 is 2.90 bits per heavy atom. The number of nitrogens with zero attached hydrogens (tertiary/aromatic N) is 1. The van der Waals surface area contributed by atoms with Gasteiger partial charge in [-0.1, -0.05) is 13.0 Å². The van der Waals surface area contributed by atoms with Crippen LogP contribution in [0.3, 0.4) is 0 Å². The van der Waals surface area contributed by atoms with Gasteiger partial charge in [-0.2, -0.15) is 0 Å². The summed E-state index contributed by atoms with van der Waals surface area (Å²) < 4.78 is 5.84. The van der Waals surface area contributed by atoms with E-state index in [-0.39, 0.29) is 18.1 Å². The maximum Gasteiger partial charge on any atom is 0.316 e. The summed E-state index contributed by atoms with van der Waals surface area (Å²) in [7, 11) is 0. The number of fused-ring (bicyclic) bond motifs is 1. The first-order chi connectivity index (χ1) is 15.0. The first-order valence-electron chi connectivity index (χ1n) is 10.7. The molecule has 1 saturated heterocycles. The quantitative estimate of drug-likeness (QED) is 0.525. The first-order valence-corrected chi connectivity index (χ1v) is 10.7. The largest absolute Gasteiger partial charge is 0.507 e. The predicted octanol–water partition coefficient (Wildman–Crippen LogP) is 2.91. The van der Waals surface area contributed by atoms with Crippen molar-refractivity contribution in [2.75, 3.05) is 25.0 Å². The number of nitrogens with one attached hydrogen (secondary N) is 2. The van der Waals surface area contributed by atoms with E-state index < -0.39 is 17.8 Å². The summed E-state index contributed by atoms with van der Waals surface area (Å²) in [5.41, 5.74) is 2.69. The lowest BCUT2D eigenvalue weighted by Gasteiger charge is -2.30. The molecule has 0 bridgehead atoms. The Morgan fingerprint density at radius 1 is 1.35 bits per heavy atom. The van der Waals surface area contributed by atoms with Crippen LogP contribution in [0, 0.1) is 5.92 Å². The Kier molecular flexibility index (Phi) is 6.08. The second kappa shape index (κ2) is 8.93. The number of aromatic nitrogens is 1. The Balaban J connectivity index is 1.86. The topological polar surface area (TPSA) is 121 Å². The van der Waals surface area contributed by atoms with E-state index in [0.29, 0.717) is 29.4 Å². The van der Waals surface area contributed by atoms with Crippen LogP contribution in [0.25, 0.3) is 11.3 Å². The molecule has 31 heavy (non-hydrogen) atoms. The number of hydrogen-bond donors (Lipinski definition) is 4. The fourth-order valence-electron chi connectivity index (χ4n) is 4.33. The molecule has 2 aliphatic rings. The van der Waals surface area contributed by atoms with Crippen LogP contribution in [0.15, 0.2) is 24.3 Å². The molecule has 4 rings (SSSR count). The summed E-state index contributed by atoms with van der Waals surface area (Å²) in [4.78, 5) is 28.6. The highest BCUT2D eigenvalue weighted by molar-refractivity contribution is 6.06. The van der Waals surface area contributed by atoms with Gasteiger partial charge in [-0.05, 0) is 67.5 Å². The number of phenolic OH excluding ortho intramolecular Hbond substituents is 1. The molecule has 1 fully saturated rings. The lowest BCUT2D eigenvalue weighted by molar-refractivity contribution is -0.145. The molecule has 8 nitrogen and oxygen atoms in total. The third kappa shape index (κ3) is 4.20. The minimum Gasteiger partial charge on any atom is -0.507 e. The van der Waals surface area contributed by atoms with E-state index in [4.69, 9.17) is 4.74 Å². The number of ether oxygens (including phenoxy) is 1. The van der Waals surface area contributed by atoms with Gasteiger partial charge in [0.1, 0.15) is 23.2 Å². The summed E-state index contributed by atoms with van der Waals surface area (Å²) >= 11 is 0. The molecule has 0 aliphatic carbocycles. The van der Waals surface area contributed by atoms with E-state index in [1.54, 1.807) is 18.2 Å². The van der Waals surface area contributed by atoms with Crippen LogP contribution in [0.5, 0.6) is 11.5 Å². The van der Waals surface area contributed by atoms with Gasteiger partial charge in [-0.25, -0.2) is 4.98 Å². The number of piperidine rings is 1. The van der Waals surface area contributed by atoms with Crippen molar-refractivity contribution in [3.63, 3.8) is 0 Å². The van der Waals surface area contributed by atoms with Crippen molar-refractivity contribution in [1.82, 2.24) is 10.3 Å². The molecule has 3 heterocycles. The number of rotatable bonds is 6. The van der Waals surface area contributed by atoms with Crippen molar-refractivity contribution in [2.24, 2.45) is 5.92 Å². The van der Waals surface area contributed by atoms with Crippen molar-refractivity contribution in [3.8, 4) is 22.8 Å². The minimum atomic E-state index is -1.14. The molecule has 1 amide bonds. The fourth-order valence-corrected chi connectivity index (χ4v) is 4.33. The summed E-state index contributed by atoms with van der Waals surface area (Å²) in [6.45, 7) is 4.21. The standard InChI is InChI=1S/C23H27N3O5/c1-2-9-31-19-7-3-6-18(27)20(19)17-11-14(13-5-4-8-24-12-13)15-10-16(23(29)30)22(28)26-21(15)25-17/h3,6-7,11,13,16,24,27H,2,4-5,8-10,12H2,1H3,(H,29,30)(H,25,26,28).